The predicted molar refractivity (Wildman–Crippen MR) is 80.4 cm³/mol. The summed E-state index contributed by atoms with van der Waals surface area (Å²) in [6.45, 7) is 5.42. The number of carbonyl (C=O) groups is 1. The third-order valence-corrected chi connectivity index (χ3v) is 4.16. The predicted octanol–water partition coefficient (Wildman–Crippen LogP) is 3.07. The molecule has 0 amide bonds. The summed E-state index contributed by atoms with van der Waals surface area (Å²) in [5, 5.41) is 0.672. The minimum absolute atomic E-state index is 0.577. The molecule has 104 valence electrons. The summed E-state index contributed by atoms with van der Waals surface area (Å²) in [5.41, 5.74) is 1.62. The molecule has 1 fully saturated rings. The smallest absolute Gasteiger partial charge is 0.152 e. The molecule has 1 aliphatic heterocycles. The van der Waals surface area contributed by atoms with Crippen LogP contribution in [0.25, 0.3) is 0 Å². The summed E-state index contributed by atoms with van der Waals surface area (Å²) in [7, 11) is 2.03. The van der Waals surface area contributed by atoms with Crippen LogP contribution in [0, 0.1) is 0 Å². The van der Waals surface area contributed by atoms with E-state index in [4.69, 9.17) is 11.6 Å². The molecule has 2 rings (SSSR count). The molecule has 0 bridgehead atoms. The molecule has 1 aromatic carbocycles. The van der Waals surface area contributed by atoms with Crippen LogP contribution in [0.2, 0.25) is 5.02 Å². The van der Waals surface area contributed by atoms with Crippen molar-refractivity contribution in [1.82, 2.24) is 4.90 Å². The lowest BCUT2D eigenvalue weighted by atomic mass is 10.1. The van der Waals surface area contributed by atoms with Gasteiger partial charge >= 0.3 is 0 Å². The molecule has 0 aromatic heterocycles. The highest BCUT2D eigenvalue weighted by Gasteiger charge is 2.24. The monoisotopic (exact) mass is 280 g/mol. The number of likely N-dealkylation sites (tertiary alicyclic amines) is 1. The molecule has 3 nitrogen and oxygen atoms in total. The number of rotatable bonds is 5. The molecule has 0 saturated carbocycles. The van der Waals surface area contributed by atoms with Crippen molar-refractivity contribution in [3.8, 4) is 0 Å². The van der Waals surface area contributed by atoms with Crippen LogP contribution in [0.3, 0.4) is 0 Å². The number of hydrogen-bond acceptors (Lipinski definition) is 3. The summed E-state index contributed by atoms with van der Waals surface area (Å²) < 4.78 is 0. The molecule has 4 heteroatoms. The lowest BCUT2D eigenvalue weighted by Gasteiger charge is -2.29. The third-order valence-electron chi connectivity index (χ3n) is 3.92. The molecule has 0 radical (unpaired) electrons. The average Bonchev–Trinajstić information content (AvgIpc) is 2.85. The van der Waals surface area contributed by atoms with Gasteiger partial charge in [0.25, 0.3) is 0 Å². The highest BCUT2D eigenvalue weighted by Crippen LogP contribution is 2.25. The molecule has 1 saturated heterocycles. The fourth-order valence-corrected chi connectivity index (χ4v) is 3.05. The minimum atomic E-state index is 0.577. The first-order valence-corrected chi connectivity index (χ1v) is 7.23. The van der Waals surface area contributed by atoms with Crippen LogP contribution in [0.5, 0.6) is 0 Å². The molecule has 0 N–H and O–H groups in total. The van der Waals surface area contributed by atoms with Gasteiger partial charge in [-0.15, -0.1) is 0 Å². The molecule has 1 atom stereocenters. The molecule has 19 heavy (non-hydrogen) atoms. The van der Waals surface area contributed by atoms with E-state index in [9.17, 15) is 4.79 Å². The number of anilines is 1. The van der Waals surface area contributed by atoms with E-state index in [1.165, 1.54) is 19.4 Å². The second-order valence-electron chi connectivity index (χ2n) is 5.13. The van der Waals surface area contributed by atoms with E-state index in [1.807, 2.05) is 13.1 Å². The number of carbonyl (C=O) groups excluding carboxylic acids is 1. The SMILES string of the molecule is CCN1CCCC1CN(C)c1cc(Cl)ccc1C=O. The van der Waals surface area contributed by atoms with Crippen LogP contribution < -0.4 is 4.90 Å². The Bertz CT molecular complexity index is 450. The summed E-state index contributed by atoms with van der Waals surface area (Å²) >= 11 is 6.04. The molecule has 1 unspecified atom stereocenters. The van der Waals surface area contributed by atoms with Gasteiger partial charge in [0, 0.05) is 35.9 Å². The van der Waals surface area contributed by atoms with Crippen LogP contribution in [0.15, 0.2) is 18.2 Å². The van der Waals surface area contributed by atoms with Gasteiger partial charge in [-0.25, -0.2) is 0 Å². The highest BCUT2D eigenvalue weighted by molar-refractivity contribution is 6.31. The molecule has 1 aromatic rings. The lowest BCUT2D eigenvalue weighted by molar-refractivity contribution is 0.112. The van der Waals surface area contributed by atoms with Crippen LogP contribution in [0.1, 0.15) is 30.1 Å². The number of halogens is 1. The van der Waals surface area contributed by atoms with Gasteiger partial charge in [0.15, 0.2) is 6.29 Å². The zero-order chi connectivity index (χ0) is 13.8. The summed E-state index contributed by atoms with van der Waals surface area (Å²) in [4.78, 5) is 15.8. The van der Waals surface area contributed by atoms with Crippen molar-refractivity contribution in [2.75, 3.05) is 31.6 Å². The van der Waals surface area contributed by atoms with Crippen LogP contribution in [-0.4, -0.2) is 43.9 Å². The summed E-state index contributed by atoms with van der Waals surface area (Å²) in [6, 6.07) is 5.99. The van der Waals surface area contributed by atoms with Crippen LogP contribution in [0.4, 0.5) is 5.69 Å². The topological polar surface area (TPSA) is 23.6 Å². The van der Waals surface area contributed by atoms with Gasteiger partial charge in [0.05, 0.1) is 0 Å². The number of benzene rings is 1. The van der Waals surface area contributed by atoms with E-state index < -0.39 is 0 Å². The fraction of sp³-hybridized carbons (Fsp3) is 0.533. The quantitative estimate of drug-likeness (QED) is 0.775. The van der Waals surface area contributed by atoms with E-state index in [1.54, 1.807) is 12.1 Å². The minimum Gasteiger partial charge on any atom is -0.372 e. The van der Waals surface area contributed by atoms with Crippen LogP contribution in [-0.2, 0) is 0 Å². The van der Waals surface area contributed by atoms with E-state index in [0.717, 1.165) is 25.1 Å². The average molecular weight is 281 g/mol. The van der Waals surface area contributed by atoms with Gasteiger partial charge < -0.3 is 4.90 Å². The molecule has 1 aliphatic rings. The third kappa shape index (κ3) is 3.28. The Balaban J connectivity index is 2.13. The van der Waals surface area contributed by atoms with Crippen molar-refractivity contribution >= 4 is 23.6 Å². The molecular formula is C15H21ClN2O. The van der Waals surface area contributed by atoms with Gasteiger partial charge in [0.1, 0.15) is 0 Å². The maximum Gasteiger partial charge on any atom is 0.152 e. The number of aldehydes is 1. The number of likely N-dealkylation sites (N-methyl/N-ethyl adjacent to an activating group) is 2. The second kappa shape index (κ2) is 6.40. The maximum absolute atomic E-state index is 11.1. The fourth-order valence-electron chi connectivity index (χ4n) is 2.88. The standard InChI is InChI=1S/C15H21ClN2O/c1-3-18-8-4-5-14(18)10-17(2)15-9-13(16)7-6-12(15)11-19/h6-7,9,11,14H,3-5,8,10H2,1-2H3. The first-order chi connectivity index (χ1) is 9.15. The highest BCUT2D eigenvalue weighted by atomic mass is 35.5. The Morgan fingerprint density at radius 1 is 1.53 bits per heavy atom. The summed E-state index contributed by atoms with van der Waals surface area (Å²) in [6.07, 6.45) is 3.39. The summed E-state index contributed by atoms with van der Waals surface area (Å²) in [5.74, 6) is 0. The van der Waals surface area contributed by atoms with Crippen molar-refractivity contribution in [2.45, 2.75) is 25.8 Å². The van der Waals surface area contributed by atoms with Crippen molar-refractivity contribution in [3.63, 3.8) is 0 Å². The second-order valence-corrected chi connectivity index (χ2v) is 5.56. The Hall–Kier alpha value is -1.06. The molecular weight excluding hydrogens is 260 g/mol. The number of hydrogen-bond donors (Lipinski definition) is 0. The van der Waals surface area contributed by atoms with E-state index in [-0.39, 0.29) is 0 Å². The van der Waals surface area contributed by atoms with Gasteiger partial charge in [-0.05, 0) is 44.1 Å². The Kier molecular flexibility index (Phi) is 4.83. The Labute approximate surface area is 120 Å². The number of nitrogens with zero attached hydrogens (tertiary/aromatic N) is 2. The van der Waals surface area contributed by atoms with Crippen molar-refractivity contribution in [2.24, 2.45) is 0 Å². The molecule has 1 heterocycles. The van der Waals surface area contributed by atoms with Gasteiger partial charge in [-0.1, -0.05) is 18.5 Å². The Morgan fingerprint density at radius 2 is 2.32 bits per heavy atom. The first kappa shape index (κ1) is 14.4. The molecule has 0 spiro atoms. The molecule has 0 aliphatic carbocycles. The maximum atomic E-state index is 11.1. The zero-order valence-electron chi connectivity index (χ0n) is 11.6. The van der Waals surface area contributed by atoms with Gasteiger partial charge in [-0.3, -0.25) is 9.69 Å². The van der Waals surface area contributed by atoms with Gasteiger partial charge in [-0.2, -0.15) is 0 Å². The largest absolute Gasteiger partial charge is 0.372 e. The van der Waals surface area contributed by atoms with Gasteiger partial charge in [0.2, 0.25) is 0 Å². The zero-order valence-corrected chi connectivity index (χ0v) is 12.4. The van der Waals surface area contributed by atoms with E-state index in [0.29, 0.717) is 16.6 Å². The lowest BCUT2D eigenvalue weighted by Crippen LogP contribution is -2.39. The van der Waals surface area contributed by atoms with E-state index in [2.05, 4.69) is 16.7 Å². The van der Waals surface area contributed by atoms with Crippen molar-refractivity contribution < 1.29 is 4.79 Å². The Morgan fingerprint density at radius 3 is 3.00 bits per heavy atom. The first-order valence-electron chi connectivity index (χ1n) is 6.85. The van der Waals surface area contributed by atoms with Crippen molar-refractivity contribution in [1.29, 1.82) is 0 Å². The normalized spacial score (nSPS) is 19.6. The van der Waals surface area contributed by atoms with Crippen molar-refractivity contribution in [3.05, 3.63) is 28.8 Å². The van der Waals surface area contributed by atoms with E-state index >= 15 is 0 Å². The van der Waals surface area contributed by atoms with Crippen LogP contribution >= 0.6 is 11.6 Å².